The molecule has 0 atom stereocenters. The normalized spacial score (nSPS) is 12.8. The second-order valence-corrected chi connectivity index (χ2v) is 9.17. The molecule has 1 aliphatic rings. The molecule has 1 amide bonds. The van der Waals surface area contributed by atoms with Gasteiger partial charge in [-0.05, 0) is 37.3 Å². The van der Waals surface area contributed by atoms with Gasteiger partial charge in [-0.3, -0.25) is 24.3 Å². The highest BCUT2D eigenvalue weighted by molar-refractivity contribution is 7.99. The zero-order valence-electron chi connectivity index (χ0n) is 16.6. The van der Waals surface area contributed by atoms with E-state index in [9.17, 15) is 24.1 Å². The van der Waals surface area contributed by atoms with E-state index in [2.05, 4.69) is 10.3 Å². The number of thioether (sulfide) groups is 1. The van der Waals surface area contributed by atoms with E-state index in [1.165, 1.54) is 16.2 Å². The van der Waals surface area contributed by atoms with E-state index < -0.39 is 16.6 Å². The molecule has 1 N–H and O–H groups in total. The molecule has 0 aliphatic heterocycles. The van der Waals surface area contributed by atoms with Crippen molar-refractivity contribution in [1.82, 2.24) is 9.55 Å². The number of halogens is 1. The number of nitrogens with zero attached hydrogens (tertiary/aromatic N) is 3. The van der Waals surface area contributed by atoms with Gasteiger partial charge in [-0.1, -0.05) is 18.7 Å². The third kappa shape index (κ3) is 4.19. The molecule has 3 aromatic rings. The van der Waals surface area contributed by atoms with E-state index in [1.807, 2.05) is 6.92 Å². The fraction of sp³-hybridized carbons (Fsp3) is 0.350. The first kappa shape index (κ1) is 21.4. The molecular formula is C20H19FN4O4S2. The molecule has 0 saturated heterocycles. The van der Waals surface area contributed by atoms with Gasteiger partial charge in [-0.2, -0.15) is 0 Å². The molecule has 1 aliphatic carbocycles. The van der Waals surface area contributed by atoms with Crippen molar-refractivity contribution < 1.29 is 14.1 Å². The number of carbonyl (C=O) groups is 1. The number of hydrogen-bond acceptors (Lipinski definition) is 7. The molecule has 2 heterocycles. The lowest BCUT2D eigenvalue weighted by atomic mass is 10.2. The number of fused-ring (bicyclic) bond motifs is 3. The number of nitro groups is 1. The van der Waals surface area contributed by atoms with Crippen molar-refractivity contribution in [2.24, 2.45) is 0 Å². The van der Waals surface area contributed by atoms with Gasteiger partial charge in [-0.15, -0.1) is 11.3 Å². The number of nitro benzene ring substituents is 1. The van der Waals surface area contributed by atoms with Gasteiger partial charge in [0.05, 0.1) is 21.7 Å². The highest BCUT2D eigenvalue weighted by atomic mass is 32.2. The lowest BCUT2D eigenvalue weighted by Crippen LogP contribution is -2.24. The highest BCUT2D eigenvalue weighted by Gasteiger charge is 2.23. The summed E-state index contributed by atoms with van der Waals surface area (Å²) in [5.41, 5.74) is 0.444. The largest absolute Gasteiger partial charge is 0.323 e. The van der Waals surface area contributed by atoms with E-state index >= 15 is 0 Å². The van der Waals surface area contributed by atoms with E-state index in [4.69, 9.17) is 0 Å². The summed E-state index contributed by atoms with van der Waals surface area (Å²) in [4.78, 5) is 42.3. The van der Waals surface area contributed by atoms with E-state index in [0.29, 0.717) is 21.9 Å². The summed E-state index contributed by atoms with van der Waals surface area (Å²) < 4.78 is 15.5. The van der Waals surface area contributed by atoms with Crippen LogP contribution in [0.5, 0.6) is 0 Å². The van der Waals surface area contributed by atoms with Crippen LogP contribution < -0.4 is 10.9 Å². The van der Waals surface area contributed by atoms with Gasteiger partial charge in [-0.25, -0.2) is 9.37 Å². The van der Waals surface area contributed by atoms with Gasteiger partial charge < -0.3 is 5.32 Å². The van der Waals surface area contributed by atoms with Crippen LogP contribution in [0.2, 0.25) is 0 Å². The maximum atomic E-state index is 13.9. The lowest BCUT2D eigenvalue weighted by molar-refractivity contribution is -0.384. The first-order valence-electron chi connectivity index (χ1n) is 9.80. The standard InChI is InChI=1S/C20H19FN4O4S2/c1-2-8-24-19(27)17-12-4-3-5-15(12)31-18(17)23-20(24)30-10-16(26)22-14-9-11(25(28)29)6-7-13(14)21/h6-7,9H,2-5,8,10H2,1H3,(H,22,26). The van der Waals surface area contributed by atoms with Gasteiger partial charge in [0.25, 0.3) is 11.2 Å². The third-order valence-electron chi connectivity index (χ3n) is 5.00. The molecule has 0 saturated carbocycles. The Hall–Kier alpha value is -2.79. The van der Waals surface area contributed by atoms with Gasteiger partial charge in [0.1, 0.15) is 10.6 Å². The van der Waals surface area contributed by atoms with Crippen LogP contribution in [0.3, 0.4) is 0 Å². The number of aromatic nitrogens is 2. The van der Waals surface area contributed by atoms with Crippen LogP contribution in [0.4, 0.5) is 15.8 Å². The molecule has 2 aromatic heterocycles. The van der Waals surface area contributed by atoms with Crippen LogP contribution in [-0.2, 0) is 24.2 Å². The molecule has 11 heteroatoms. The summed E-state index contributed by atoms with van der Waals surface area (Å²) in [6.45, 7) is 2.44. The minimum atomic E-state index is -0.764. The van der Waals surface area contributed by atoms with Crippen LogP contribution in [0.25, 0.3) is 10.2 Å². The van der Waals surface area contributed by atoms with Gasteiger partial charge >= 0.3 is 0 Å². The topological polar surface area (TPSA) is 107 Å². The van der Waals surface area contributed by atoms with E-state index in [-0.39, 0.29) is 22.7 Å². The third-order valence-corrected chi connectivity index (χ3v) is 7.17. The number of nitrogens with one attached hydrogen (secondary N) is 1. The number of carbonyl (C=O) groups excluding carboxylic acids is 1. The molecule has 1 aromatic carbocycles. The molecule has 0 spiro atoms. The Bertz CT molecular complexity index is 1250. The lowest BCUT2D eigenvalue weighted by Gasteiger charge is -2.11. The predicted octanol–water partition coefficient (Wildman–Crippen LogP) is 4.13. The van der Waals surface area contributed by atoms with Crippen LogP contribution in [0, 0.1) is 15.9 Å². The first-order valence-corrected chi connectivity index (χ1v) is 11.6. The van der Waals surface area contributed by atoms with Gasteiger partial charge in [0.2, 0.25) is 5.91 Å². The Labute approximate surface area is 184 Å². The number of amides is 1. The Morgan fingerprint density at radius 2 is 2.23 bits per heavy atom. The number of hydrogen-bond donors (Lipinski definition) is 1. The number of anilines is 1. The monoisotopic (exact) mass is 462 g/mol. The van der Waals surface area contributed by atoms with E-state index in [1.54, 1.807) is 4.57 Å². The number of aryl methyl sites for hydroxylation is 2. The van der Waals surface area contributed by atoms with Crippen LogP contribution in [0.1, 0.15) is 30.2 Å². The number of thiophene rings is 1. The van der Waals surface area contributed by atoms with Crippen LogP contribution >= 0.6 is 23.1 Å². The molecular weight excluding hydrogens is 443 g/mol. The maximum absolute atomic E-state index is 13.9. The molecule has 0 fully saturated rings. The predicted molar refractivity (Wildman–Crippen MR) is 119 cm³/mol. The zero-order valence-corrected chi connectivity index (χ0v) is 18.3. The van der Waals surface area contributed by atoms with Crippen molar-refractivity contribution in [2.75, 3.05) is 11.1 Å². The summed E-state index contributed by atoms with van der Waals surface area (Å²) >= 11 is 2.62. The smallest absolute Gasteiger partial charge is 0.271 e. The second-order valence-electron chi connectivity index (χ2n) is 7.15. The summed E-state index contributed by atoms with van der Waals surface area (Å²) in [7, 11) is 0. The number of benzene rings is 1. The van der Waals surface area contributed by atoms with Crippen molar-refractivity contribution in [2.45, 2.75) is 44.3 Å². The average molecular weight is 463 g/mol. The summed E-state index contributed by atoms with van der Waals surface area (Å²) in [5.74, 6) is -1.43. The van der Waals surface area contributed by atoms with Crippen molar-refractivity contribution in [3.8, 4) is 0 Å². The maximum Gasteiger partial charge on any atom is 0.271 e. The highest BCUT2D eigenvalue weighted by Crippen LogP contribution is 2.35. The summed E-state index contributed by atoms with van der Waals surface area (Å²) in [6, 6.07) is 2.94. The summed E-state index contributed by atoms with van der Waals surface area (Å²) in [5, 5.41) is 14.4. The quantitative estimate of drug-likeness (QED) is 0.245. The van der Waals surface area contributed by atoms with Gasteiger partial charge in [0.15, 0.2) is 5.16 Å². The van der Waals surface area contributed by atoms with Gasteiger partial charge in [0, 0.05) is 23.6 Å². The first-order chi connectivity index (χ1) is 14.9. The average Bonchev–Trinajstić information content (AvgIpc) is 3.31. The SMILES string of the molecule is CCCn1c(SCC(=O)Nc2cc([N+](=O)[O-])ccc2F)nc2sc3c(c2c1=O)CCC3. The molecule has 8 nitrogen and oxygen atoms in total. The van der Waals surface area contributed by atoms with E-state index in [0.717, 1.165) is 61.2 Å². The Morgan fingerprint density at radius 1 is 1.42 bits per heavy atom. The summed E-state index contributed by atoms with van der Waals surface area (Å²) in [6.07, 6.45) is 3.64. The zero-order chi connectivity index (χ0) is 22.1. The molecule has 4 rings (SSSR count). The minimum absolute atomic E-state index is 0.0844. The van der Waals surface area contributed by atoms with Crippen molar-refractivity contribution >= 4 is 50.6 Å². The minimum Gasteiger partial charge on any atom is -0.323 e. The van der Waals surface area contributed by atoms with Crippen molar-refractivity contribution in [1.29, 1.82) is 0 Å². The fourth-order valence-electron chi connectivity index (χ4n) is 3.63. The molecule has 0 radical (unpaired) electrons. The van der Waals surface area contributed by atoms with Crippen LogP contribution in [-0.4, -0.2) is 26.1 Å². The second kappa shape index (κ2) is 8.75. The molecule has 162 valence electrons. The Kier molecular flexibility index (Phi) is 6.05. The number of rotatable bonds is 7. The molecule has 0 bridgehead atoms. The Balaban J connectivity index is 1.57. The van der Waals surface area contributed by atoms with Crippen LogP contribution in [0.15, 0.2) is 28.2 Å². The Morgan fingerprint density at radius 3 is 2.97 bits per heavy atom. The number of non-ortho nitro benzene ring substituents is 1. The molecule has 0 unspecified atom stereocenters. The van der Waals surface area contributed by atoms with Crippen molar-refractivity contribution in [3.05, 3.63) is 54.9 Å². The molecule has 31 heavy (non-hydrogen) atoms. The fourth-order valence-corrected chi connectivity index (χ4v) is 5.76. The van der Waals surface area contributed by atoms with Crippen molar-refractivity contribution in [3.63, 3.8) is 0 Å².